The van der Waals surface area contributed by atoms with Crippen LogP contribution in [0.1, 0.15) is 150 Å². The fraction of sp³-hybridized carbons (Fsp3) is 0.791. The van der Waals surface area contributed by atoms with Crippen molar-refractivity contribution >= 4 is 75.6 Å². The lowest BCUT2D eigenvalue weighted by atomic mass is 9.43. The van der Waals surface area contributed by atoms with E-state index in [-0.39, 0.29) is 84.3 Å². The number of hydrogen-bond donors (Lipinski definition) is 9. The van der Waals surface area contributed by atoms with Crippen molar-refractivity contribution in [3.05, 3.63) is 54.1 Å². The Labute approximate surface area is 617 Å². The van der Waals surface area contributed by atoms with Gasteiger partial charge in [-0.2, -0.15) is 42.1 Å². The van der Waals surface area contributed by atoms with Gasteiger partial charge in [-0.1, -0.05) is 72.4 Å². The van der Waals surface area contributed by atoms with Crippen LogP contribution in [0.2, 0.25) is 0 Å². The highest BCUT2D eigenvalue weighted by Gasteiger charge is 2.70. The fourth-order valence-electron chi connectivity index (χ4n) is 20.6. The van der Waals surface area contributed by atoms with E-state index in [1.54, 1.807) is 34.6 Å². The standard InChI is InChI=1S/C37H52O18S3.C30H47NO15S2/c1-19(2)14-29(38)53-32-31(55-58(47,48)49)30(54-57(44,45)46)27(18-50-56(42,43)24-9-6-20(3)7-10-24)52-35(32)51-23-15-25(34(40)41)26-12-13-37-16-22(21(4)33(37)39)8-11-28(37)36(26,5)17-23;1-14(2)9-22(32)44-25-24(46-48(39,40)41)23(45-47(36,37)38)20(13-31)43-28(25)42-17-10-18(27(34)35)19-7-8-30-11-16(15(3)26(30)33)5-6-21(30)29(19,4)12-17/h6-7,9-10,19,22-23,25-28,30-33,35,39H,4,8,11-18H2,1-3,5H3,(H,40,41)(H,44,45,46)(H,47,48,49);14,16-21,23-26,28,33H,3,5-13,31H2,1-2,4H3,(H,34,35)(H,36,37,38)(H,39,40,41)/t22?,23?,25?,26?,27-,28?,30+,31-,32?,33-,35+,36?,37?;16?,17?,18?,19?,20-,21?,23+,24-,25?,26-,28+,29?,30?/m00/s1. The molecule has 8 saturated carbocycles. The minimum absolute atomic E-state index is 0.0157. The van der Waals surface area contributed by atoms with E-state index < -0.39 is 208 Å². The molecule has 0 amide bonds. The van der Waals surface area contributed by atoms with Gasteiger partial charge in [0.1, 0.15) is 24.4 Å². The summed E-state index contributed by atoms with van der Waals surface area (Å²) in [6.07, 6.45) is -16.7. The molecular formula is C67H99NO33S5. The Hall–Kier alpha value is -4.31. The smallest absolute Gasteiger partial charge is 0.397 e. The van der Waals surface area contributed by atoms with Crippen LogP contribution in [0, 0.1) is 87.8 Å². The topological polar surface area (TPSA) is 528 Å². The van der Waals surface area contributed by atoms with E-state index in [9.17, 15) is 99.9 Å². The predicted molar refractivity (Wildman–Crippen MR) is 364 cm³/mol. The number of hydrogen-bond acceptors (Lipinski definition) is 28. The molecule has 10 fully saturated rings. The van der Waals surface area contributed by atoms with Gasteiger partial charge >= 0.3 is 65.5 Å². The van der Waals surface area contributed by atoms with Gasteiger partial charge in [0.05, 0.1) is 47.8 Å². The Bertz CT molecular complexity index is 4070. The van der Waals surface area contributed by atoms with Crippen molar-refractivity contribution in [3.63, 3.8) is 0 Å². The van der Waals surface area contributed by atoms with Gasteiger partial charge in [0.25, 0.3) is 10.1 Å². The number of aliphatic carboxylic acids is 2. The van der Waals surface area contributed by atoms with Gasteiger partial charge in [-0.15, -0.1) is 0 Å². The number of ether oxygens (including phenoxy) is 6. The number of rotatable bonds is 25. The maximum Gasteiger partial charge on any atom is 0.397 e. The van der Waals surface area contributed by atoms with Crippen molar-refractivity contribution in [2.45, 2.75) is 242 Å². The number of carbonyl (C=O) groups excluding carboxylic acids is 2. The third-order valence-corrected chi connectivity index (χ3v) is 27.7. The van der Waals surface area contributed by atoms with Crippen molar-refractivity contribution in [3.8, 4) is 0 Å². The second kappa shape index (κ2) is 31.3. The molecule has 11 rings (SSSR count). The second-order valence-corrected chi connectivity index (χ2v) is 37.8. The fourth-order valence-corrected chi connectivity index (χ4v) is 23.6. The minimum atomic E-state index is -5.58. The average molecular weight is 1610 g/mol. The molecule has 2 heterocycles. The Morgan fingerprint density at radius 1 is 0.547 bits per heavy atom. The molecule has 106 heavy (non-hydrogen) atoms. The average Bonchev–Trinajstić information content (AvgIpc) is 1.48. The molecule has 39 heteroatoms. The van der Waals surface area contributed by atoms with Crippen LogP contribution in [-0.2, 0) is 120 Å². The molecule has 1 aromatic rings. The summed E-state index contributed by atoms with van der Waals surface area (Å²) in [7, 11) is -26.4. The number of carbonyl (C=O) groups is 4. The first-order valence-corrected chi connectivity index (χ1v) is 42.4. The summed E-state index contributed by atoms with van der Waals surface area (Å²) in [4.78, 5) is 51.6. The van der Waals surface area contributed by atoms with Crippen LogP contribution in [0.4, 0.5) is 0 Å². The first-order chi connectivity index (χ1) is 49.0. The molecule has 26 atom stereocenters. The third kappa shape index (κ3) is 17.8. The molecule has 2 aliphatic heterocycles. The molecule has 34 nitrogen and oxygen atoms in total. The number of aliphatic hydroxyl groups excluding tert-OH is 2. The quantitative estimate of drug-likeness (QED) is 0.0204. The molecular weight excluding hydrogens is 1510 g/mol. The third-order valence-electron chi connectivity index (χ3n) is 24.6. The van der Waals surface area contributed by atoms with Gasteiger partial charge < -0.3 is 54.6 Å². The molecule has 600 valence electrons. The van der Waals surface area contributed by atoms with E-state index in [2.05, 4.69) is 17.3 Å². The molecule has 2 spiro atoms. The van der Waals surface area contributed by atoms with Crippen LogP contribution in [0.3, 0.4) is 0 Å². The van der Waals surface area contributed by atoms with Gasteiger partial charge in [0.2, 0.25) is 0 Å². The molecule has 4 bridgehead atoms. The van der Waals surface area contributed by atoms with Crippen LogP contribution >= 0.6 is 0 Å². The predicted octanol–water partition coefficient (Wildman–Crippen LogP) is 5.02. The molecule has 16 unspecified atom stereocenters. The van der Waals surface area contributed by atoms with E-state index in [1.165, 1.54) is 24.3 Å². The van der Waals surface area contributed by atoms with Gasteiger partial charge in [0, 0.05) is 30.2 Å². The summed E-state index contributed by atoms with van der Waals surface area (Å²) in [6, 6.07) is 5.43. The Morgan fingerprint density at radius 3 is 1.27 bits per heavy atom. The minimum Gasteiger partial charge on any atom is -0.481 e. The van der Waals surface area contributed by atoms with Gasteiger partial charge in [-0.05, 0) is 178 Å². The monoisotopic (exact) mass is 1610 g/mol. The van der Waals surface area contributed by atoms with Crippen LogP contribution in [0.15, 0.2) is 53.5 Å². The summed E-state index contributed by atoms with van der Waals surface area (Å²) in [5, 5.41) is 44.0. The Morgan fingerprint density at radius 2 is 0.915 bits per heavy atom. The molecule has 2 saturated heterocycles. The highest BCUT2D eigenvalue weighted by Crippen LogP contribution is 2.73. The molecule has 10 N–H and O–H groups in total. The number of carboxylic acids is 2. The van der Waals surface area contributed by atoms with Gasteiger partial charge in [-0.25, -0.2) is 16.7 Å². The molecule has 0 radical (unpaired) electrons. The molecule has 1 aromatic carbocycles. The molecule has 0 aromatic heterocycles. The number of aryl methyl sites for hydroxylation is 1. The Balaban J connectivity index is 0.000000231. The highest BCUT2D eigenvalue weighted by atomic mass is 32.3. The van der Waals surface area contributed by atoms with Crippen molar-refractivity contribution in [1.82, 2.24) is 0 Å². The van der Waals surface area contributed by atoms with Crippen molar-refractivity contribution < 1.29 is 149 Å². The van der Waals surface area contributed by atoms with E-state index in [1.807, 2.05) is 13.8 Å². The normalized spacial score (nSPS) is 40.2. The first-order valence-electron chi connectivity index (χ1n) is 35.5. The number of carboxylic acid groups (broad SMARTS) is 2. The van der Waals surface area contributed by atoms with E-state index in [0.29, 0.717) is 50.5 Å². The van der Waals surface area contributed by atoms with E-state index >= 15 is 0 Å². The van der Waals surface area contributed by atoms with E-state index in [4.69, 9.17) is 50.9 Å². The summed E-state index contributed by atoms with van der Waals surface area (Å²) < 4.78 is 222. The maximum atomic E-state index is 13.2. The van der Waals surface area contributed by atoms with Crippen molar-refractivity contribution in [2.24, 2.45) is 86.6 Å². The number of nitrogens with two attached hydrogens (primary N) is 1. The zero-order valence-electron chi connectivity index (χ0n) is 59.7. The molecule has 10 aliphatic rings. The van der Waals surface area contributed by atoms with Gasteiger partial charge in [0.15, 0.2) is 37.0 Å². The van der Waals surface area contributed by atoms with Crippen LogP contribution in [0.25, 0.3) is 0 Å². The number of benzene rings is 1. The number of fused-ring (bicyclic) bond motifs is 6. The number of esters is 2. The van der Waals surface area contributed by atoms with Gasteiger partial charge in [-0.3, -0.25) is 41.6 Å². The zero-order chi connectivity index (χ0) is 78.3. The summed E-state index contributed by atoms with van der Waals surface area (Å²) in [6.45, 7) is 19.2. The van der Waals surface area contributed by atoms with Crippen LogP contribution in [-0.4, -0.2) is 204 Å². The number of aliphatic hydroxyl groups is 2. The lowest BCUT2D eigenvalue weighted by Crippen LogP contribution is -2.64. The van der Waals surface area contributed by atoms with Crippen LogP contribution < -0.4 is 5.73 Å². The van der Waals surface area contributed by atoms with Crippen molar-refractivity contribution in [2.75, 3.05) is 13.2 Å². The molecule has 8 aliphatic carbocycles. The Kier molecular flexibility index (Phi) is 24.9. The van der Waals surface area contributed by atoms with E-state index in [0.717, 1.165) is 36.8 Å². The largest absolute Gasteiger partial charge is 0.481 e. The van der Waals surface area contributed by atoms with Crippen LogP contribution in [0.5, 0.6) is 0 Å². The maximum absolute atomic E-state index is 13.2. The first kappa shape index (κ1) is 84.1. The van der Waals surface area contributed by atoms with Crippen molar-refractivity contribution in [1.29, 1.82) is 0 Å². The second-order valence-electron chi connectivity index (χ2n) is 32.0. The highest BCUT2D eigenvalue weighted by molar-refractivity contribution is 7.86. The summed E-state index contributed by atoms with van der Waals surface area (Å²) >= 11 is 0. The summed E-state index contributed by atoms with van der Waals surface area (Å²) in [5.41, 5.74) is 5.77. The lowest BCUT2D eigenvalue weighted by Gasteiger charge is -2.62. The zero-order valence-corrected chi connectivity index (χ0v) is 63.8. The SMILES string of the molecule is C=C1C2CCC3C4(C)CC(O[C@@H]5O[C@@H](CN)[C@@H](OS(=O)(=O)O)[C@H](OS(=O)(=O)O)C5OC(=O)CC(C)C)CC(C(=O)O)C4CCC3(C2)[C@H]1O.C=C1C2CCC3C4(C)CC(O[C@@H]5O[C@@H](COS(=O)(=O)c6ccc(C)cc6)[C@@H](OS(=O)(=O)O)[C@H](OS(=O)(=O)O)C5OC(=O)CC(C)C)CC(C(=O)O)C4CCC3(C2)[C@H]1O. The lowest BCUT2D eigenvalue weighted by molar-refractivity contribution is -0.315. The summed E-state index contributed by atoms with van der Waals surface area (Å²) in [5.74, 6) is -6.82.